The van der Waals surface area contributed by atoms with Gasteiger partial charge < -0.3 is 14.9 Å². The monoisotopic (exact) mass is 285 g/mol. The van der Waals surface area contributed by atoms with Gasteiger partial charge in [-0.2, -0.15) is 10.1 Å². The highest BCUT2D eigenvalue weighted by Gasteiger charge is 2.18. The van der Waals surface area contributed by atoms with Crippen LogP contribution in [0.5, 0.6) is 11.6 Å². The maximum atomic E-state index is 6.06. The Hall–Kier alpha value is -2.34. The number of ether oxygens (including phenoxy) is 1. The number of rotatable bonds is 4. The minimum Gasteiger partial charge on any atom is -0.433 e. The zero-order valence-electron chi connectivity index (χ0n) is 12.5. The molecule has 0 amide bonds. The van der Waals surface area contributed by atoms with Gasteiger partial charge in [0.2, 0.25) is 5.88 Å². The van der Waals surface area contributed by atoms with Crippen molar-refractivity contribution in [1.29, 1.82) is 0 Å². The number of nitrogens with two attached hydrogens (primary N) is 1. The van der Waals surface area contributed by atoms with Crippen LogP contribution < -0.4 is 10.5 Å². The van der Waals surface area contributed by atoms with Crippen molar-refractivity contribution in [2.24, 2.45) is 12.8 Å². The van der Waals surface area contributed by atoms with E-state index in [1.807, 2.05) is 54.4 Å². The quantitative estimate of drug-likeness (QED) is 0.795. The van der Waals surface area contributed by atoms with Gasteiger partial charge in [-0.15, -0.1) is 0 Å². The second-order valence-electron chi connectivity index (χ2n) is 5.06. The van der Waals surface area contributed by atoms with Gasteiger partial charge in [0.05, 0.1) is 11.4 Å². The van der Waals surface area contributed by atoms with Crippen molar-refractivity contribution in [1.82, 2.24) is 19.2 Å². The molecule has 110 valence electrons. The Kier molecular flexibility index (Phi) is 3.39. The minimum absolute atomic E-state index is 0.546. The van der Waals surface area contributed by atoms with Gasteiger partial charge in [0, 0.05) is 19.7 Å². The Morgan fingerprint density at radius 3 is 2.76 bits per heavy atom. The lowest BCUT2D eigenvalue weighted by molar-refractivity contribution is 0.451. The third-order valence-corrected chi connectivity index (χ3v) is 3.61. The van der Waals surface area contributed by atoms with Crippen molar-refractivity contribution < 1.29 is 4.74 Å². The van der Waals surface area contributed by atoms with E-state index in [2.05, 4.69) is 10.1 Å². The molecule has 0 saturated heterocycles. The number of fused-ring (bicyclic) bond motifs is 1. The predicted octanol–water partition coefficient (Wildman–Crippen LogP) is 1.98. The third-order valence-electron chi connectivity index (χ3n) is 3.61. The second-order valence-corrected chi connectivity index (χ2v) is 5.06. The SMILES string of the molecule is Cc1nn(C)c(C)c1Oc1nc2ccccn2c1CCN. The Morgan fingerprint density at radius 2 is 2.10 bits per heavy atom. The topological polar surface area (TPSA) is 70.4 Å². The molecule has 0 aromatic carbocycles. The lowest BCUT2D eigenvalue weighted by Gasteiger charge is -2.06. The average molecular weight is 285 g/mol. The van der Waals surface area contributed by atoms with E-state index < -0.39 is 0 Å². The molecule has 0 aliphatic rings. The normalized spacial score (nSPS) is 11.2. The van der Waals surface area contributed by atoms with E-state index >= 15 is 0 Å². The maximum absolute atomic E-state index is 6.06. The highest BCUT2D eigenvalue weighted by Crippen LogP contribution is 2.30. The Balaban J connectivity index is 2.09. The summed E-state index contributed by atoms with van der Waals surface area (Å²) in [5.74, 6) is 1.37. The van der Waals surface area contributed by atoms with Gasteiger partial charge in [-0.1, -0.05) is 6.07 Å². The Labute approximate surface area is 123 Å². The van der Waals surface area contributed by atoms with Crippen molar-refractivity contribution in [3.05, 3.63) is 41.5 Å². The fourth-order valence-electron chi connectivity index (χ4n) is 2.47. The summed E-state index contributed by atoms with van der Waals surface area (Å²) in [5.41, 5.74) is 9.39. The largest absolute Gasteiger partial charge is 0.433 e. The number of hydrogen-bond donors (Lipinski definition) is 1. The summed E-state index contributed by atoms with van der Waals surface area (Å²) in [6.07, 6.45) is 2.68. The summed E-state index contributed by atoms with van der Waals surface area (Å²) in [5, 5.41) is 4.37. The van der Waals surface area contributed by atoms with E-state index in [-0.39, 0.29) is 0 Å². The van der Waals surface area contributed by atoms with E-state index in [1.165, 1.54) is 0 Å². The molecule has 6 heteroatoms. The van der Waals surface area contributed by atoms with Crippen molar-refractivity contribution in [3.63, 3.8) is 0 Å². The zero-order valence-corrected chi connectivity index (χ0v) is 12.5. The maximum Gasteiger partial charge on any atom is 0.241 e. The molecule has 0 unspecified atom stereocenters. The molecule has 0 saturated carbocycles. The molecule has 6 nitrogen and oxygen atoms in total. The van der Waals surface area contributed by atoms with Gasteiger partial charge in [-0.3, -0.25) is 4.68 Å². The molecule has 3 aromatic heterocycles. The second kappa shape index (κ2) is 5.21. The lowest BCUT2D eigenvalue weighted by atomic mass is 10.3. The molecule has 0 atom stereocenters. The molecule has 3 heterocycles. The van der Waals surface area contributed by atoms with Crippen LogP contribution in [0, 0.1) is 13.8 Å². The highest BCUT2D eigenvalue weighted by atomic mass is 16.5. The van der Waals surface area contributed by atoms with E-state index in [9.17, 15) is 0 Å². The van der Waals surface area contributed by atoms with Crippen LogP contribution >= 0.6 is 0 Å². The molecule has 0 fully saturated rings. The number of aromatic nitrogens is 4. The molecule has 2 N–H and O–H groups in total. The van der Waals surface area contributed by atoms with Crippen LogP contribution in [0.4, 0.5) is 0 Å². The van der Waals surface area contributed by atoms with Gasteiger partial charge >= 0.3 is 0 Å². The van der Waals surface area contributed by atoms with E-state index in [1.54, 1.807) is 0 Å². The molecule has 0 radical (unpaired) electrons. The van der Waals surface area contributed by atoms with Gasteiger partial charge in [0.25, 0.3) is 0 Å². The van der Waals surface area contributed by atoms with Crippen molar-refractivity contribution in [2.75, 3.05) is 6.54 Å². The zero-order chi connectivity index (χ0) is 15.0. The van der Waals surface area contributed by atoms with Crippen LogP contribution in [0.2, 0.25) is 0 Å². The number of nitrogens with zero attached hydrogens (tertiary/aromatic N) is 4. The van der Waals surface area contributed by atoms with Crippen molar-refractivity contribution in [3.8, 4) is 11.6 Å². The van der Waals surface area contributed by atoms with Crippen LogP contribution in [0.15, 0.2) is 24.4 Å². The van der Waals surface area contributed by atoms with Gasteiger partial charge in [-0.05, 0) is 32.5 Å². The fraction of sp³-hybridized carbons (Fsp3) is 0.333. The Morgan fingerprint density at radius 1 is 1.29 bits per heavy atom. The number of pyridine rings is 1. The number of aryl methyl sites for hydroxylation is 2. The smallest absolute Gasteiger partial charge is 0.241 e. The van der Waals surface area contributed by atoms with Crippen LogP contribution in [0.1, 0.15) is 17.1 Å². The number of imidazole rings is 1. The first kappa shape index (κ1) is 13.6. The van der Waals surface area contributed by atoms with Crippen molar-refractivity contribution in [2.45, 2.75) is 20.3 Å². The first-order valence-electron chi connectivity index (χ1n) is 6.96. The molecule has 0 bridgehead atoms. The summed E-state index contributed by atoms with van der Waals surface area (Å²) in [6.45, 7) is 4.46. The van der Waals surface area contributed by atoms with Crippen molar-refractivity contribution >= 4 is 5.65 Å². The summed E-state index contributed by atoms with van der Waals surface area (Å²) in [7, 11) is 1.90. The summed E-state index contributed by atoms with van der Waals surface area (Å²) >= 11 is 0. The van der Waals surface area contributed by atoms with Crippen LogP contribution in [-0.2, 0) is 13.5 Å². The first-order valence-corrected chi connectivity index (χ1v) is 6.96. The minimum atomic E-state index is 0.546. The molecule has 3 rings (SSSR count). The molecule has 0 aliphatic carbocycles. The standard InChI is InChI=1S/C15H19N5O/c1-10-14(11(2)19(3)18-10)21-15-12(7-8-16)20-9-5-4-6-13(20)17-15/h4-6,9H,7-8,16H2,1-3H3. The molecular weight excluding hydrogens is 266 g/mol. The van der Waals surface area contributed by atoms with Gasteiger partial charge in [-0.25, -0.2) is 0 Å². The first-order chi connectivity index (χ1) is 10.1. The molecule has 21 heavy (non-hydrogen) atoms. The molecule has 3 aromatic rings. The van der Waals surface area contributed by atoms with E-state index in [0.717, 1.165) is 28.5 Å². The predicted molar refractivity (Wildman–Crippen MR) is 80.7 cm³/mol. The van der Waals surface area contributed by atoms with E-state index in [0.29, 0.717) is 18.8 Å². The molecule has 0 aliphatic heterocycles. The Bertz CT molecular complexity index is 787. The summed E-state index contributed by atoms with van der Waals surface area (Å²) < 4.78 is 9.88. The van der Waals surface area contributed by atoms with Crippen LogP contribution in [0.25, 0.3) is 5.65 Å². The molecular formula is C15H19N5O. The summed E-state index contributed by atoms with van der Waals surface area (Å²) in [6, 6.07) is 5.88. The van der Waals surface area contributed by atoms with Gasteiger partial charge in [0.15, 0.2) is 5.75 Å². The third kappa shape index (κ3) is 2.27. The summed E-state index contributed by atoms with van der Waals surface area (Å²) in [4.78, 5) is 4.57. The van der Waals surface area contributed by atoms with Crippen LogP contribution in [0.3, 0.4) is 0 Å². The average Bonchev–Trinajstić information content (AvgIpc) is 2.93. The highest BCUT2D eigenvalue weighted by molar-refractivity contribution is 5.47. The molecule has 0 spiro atoms. The lowest BCUT2D eigenvalue weighted by Crippen LogP contribution is -2.06. The fourth-order valence-corrected chi connectivity index (χ4v) is 2.47. The van der Waals surface area contributed by atoms with E-state index in [4.69, 9.17) is 10.5 Å². The van der Waals surface area contributed by atoms with Gasteiger partial charge in [0.1, 0.15) is 11.3 Å². The number of hydrogen-bond acceptors (Lipinski definition) is 4. The van der Waals surface area contributed by atoms with Crippen LogP contribution in [-0.4, -0.2) is 25.7 Å².